The van der Waals surface area contributed by atoms with Crippen LogP contribution in [0.5, 0.6) is 0 Å². The molecule has 1 amide bonds. The predicted octanol–water partition coefficient (Wildman–Crippen LogP) is 5.63. The fourth-order valence-electron chi connectivity index (χ4n) is 4.96. The molecule has 0 unspecified atom stereocenters. The minimum atomic E-state index is -4.17. The van der Waals surface area contributed by atoms with Crippen LogP contribution in [0.25, 0.3) is 33.1 Å². The zero-order valence-electron chi connectivity index (χ0n) is 21.4. The van der Waals surface area contributed by atoms with Crippen LogP contribution in [0.4, 0.5) is 4.39 Å². The first-order valence-corrected chi connectivity index (χ1v) is 13.9. The number of carbonyl (C=O) groups is 1. The number of nitrogens with zero attached hydrogens (tertiary/aromatic N) is 3. The Morgan fingerprint density at radius 2 is 1.70 bits per heavy atom. The number of aromatic nitrogens is 3. The van der Waals surface area contributed by atoms with Crippen molar-refractivity contribution in [3.05, 3.63) is 126 Å². The van der Waals surface area contributed by atoms with E-state index in [1.54, 1.807) is 42.5 Å². The summed E-state index contributed by atoms with van der Waals surface area (Å²) in [6, 6.07) is 23.9. The molecule has 2 N–H and O–H groups in total. The Morgan fingerprint density at radius 1 is 0.950 bits per heavy atom. The molecule has 0 radical (unpaired) electrons. The number of fused-ring (bicyclic) bond motifs is 2. The molecule has 6 aromatic rings. The molecule has 0 saturated heterocycles. The first-order chi connectivity index (χ1) is 19.2. The number of aryl methyl sites for hydroxylation is 1. The predicted molar refractivity (Wildman–Crippen MR) is 152 cm³/mol. The van der Waals surface area contributed by atoms with Crippen molar-refractivity contribution >= 4 is 37.9 Å². The number of hydrogen-bond donors (Lipinski definition) is 1. The second kappa shape index (κ2) is 9.69. The van der Waals surface area contributed by atoms with Gasteiger partial charge < -0.3 is 5.73 Å². The van der Waals surface area contributed by atoms with Gasteiger partial charge in [-0.25, -0.2) is 21.8 Å². The maximum atomic E-state index is 15.4. The monoisotopic (exact) mass is 550 g/mol. The lowest BCUT2D eigenvalue weighted by atomic mass is 9.97. The molecular weight excluding hydrogens is 527 g/mol. The van der Waals surface area contributed by atoms with Crippen LogP contribution in [0.2, 0.25) is 0 Å². The maximum Gasteiger partial charge on any atom is 0.269 e. The summed E-state index contributed by atoms with van der Waals surface area (Å²) in [6.45, 7) is 1.87. The van der Waals surface area contributed by atoms with Crippen LogP contribution in [-0.2, 0) is 16.4 Å². The minimum Gasteiger partial charge on any atom is -0.366 e. The van der Waals surface area contributed by atoms with Gasteiger partial charge in [-0.2, -0.15) is 0 Å². The van der Waals surface area contributed by atoms with E-state index in [9.17, 15) is 13.2 Å². The fraction of sp³-hybridized carbons (Fsp3) is 0.0645. The lowest BCUT2D eigenvalue weighted by Gasteiger charge is -2.14. The smallest absolute Gasteiger partial charge is 0.269 e. The van der Waals surface area contributed by atoms with E-state index < -0.39 is 21.7 Å². The molecule has 0 atom stereocenters. The van der Waals surface area contributed by atoms with Gasteiger partial charge in [-0.15, -0.1) is 0 Å². The second-order valence-corrected chi connectivity index (χ2v) is 11.3. The van der Waals surface area contributed by atoms with Crippen molar-refractivity contribution < 1.29 is 17.6 Å². The number of halogens is 1. The van der Waals surface area contributed by atoms with Gasteiger partial charge in [0.1, 0.15) is 11.3 Å². The highest BCUT2D eigenvalue weighted by atomic mass is 32.2. The summed E-state index contributed by atoms with van der Waals surface area (Å²) >= 11 is 0. The first-order valence-electron chi connectivity index (χ1n) is 12.5. The van der Waals surface area contributed by atoms with Crippen molar-refractivity contribution in [2.24, 2.45) is 5.73 Å². The van der Waals surface area contributed by atoms with Crippen molar-refractivity contribution in [1.29, 1.82) is 0 Å². The number of primary amides is 1. The van der Waals surface area contributed by atoms with E-state index in [4.69, 9.17) is 5.73 Å². The lowest BCUT2D eigenvalue weighted by Crippen LogP contribution is -2.17. The topological polar surface area (TPSA) is 108 Å². The van der Waals surface area contributed by atoms with Crippen LogP contribution < -0.4 is 5.73 Å². The minimum absolute atomic E-state index is 0.0746. The van der Waals surface area contributed by atoms with Crippen molar-refractivity contribution in [2.75, 3.05) is 0 Å². The van der Waals surface area contributed by atoms with Crippen molar-refractivity contribution in [1.82, 2.24) is 13.9 Å². The first kappa shape index (κ1) is 25.4. The molecule has 6 rings (SSSR count). The van der Waals surface area contributed by atoms with Crippen LogP contribution in [0.3, 0.4) is 0 Å². The lowest BCUT2D eigenvalue weighted by molar-refractivity contribution is 0.1000. The van der Waals surface area contributed by atoms with E-state index in [0.29, 0.717) is 27.6 Å². The van der Waals surface area contributed by atoms with Crippen molar-refractivity contribution in [2.45, 2.75) is 18.2 Å². The van der Waals surface area contributed by atoms with Crippen LogP contribution in [0, 0.1) is 12.7 Å². The summed E-state index contributed by atoms with van der Waals surface area (Å²) in [5.41, 5.74) is 8.98. The summed E-state index contributed by atoms with van der Waals surface area (Å²) in [5.74, 6) is -1.27. The Labute approximate surface area is 229 Å². The number of pyridine rings is 2. The molecule has 0 aliphatic carbocycles. The Balaban J connectivity index is 1.75. The largest absolute Gasteiger partial charge is 0.366 e. The highest BCUT2D eigenvalue weighted by Gasteiger charge is 2.29. The van der Waals surface area contributed by atoms with Gasteiger partial charge >= 0.3 is 0 Å². The summed E-state index contributed by atoms with van der Waals surface area (Å²) in [7, 11) is -4.17. The number of carbonyl (C=O) groups excluding carboxylic acids is 1. The molecule has 0 bridgehead atoms. The van der Waals surface area contributed by atoms with Gasteiger partial charge in [0.2, 0.25) is 5.91 Å². The van der Waals surface area contributed by atoms with Crippen LogP contribution >= 0.6 is 0 Å². The van der Waals surface area contributed by atoms with E-state index in [-0.39, 0.29) is 28.0 Å². The molecular formula is C31H23FN4O3S. The van der Waals surface area contributed by atoms with Crippen molar-refractivity contribution in [3.63, 3.8) is 0 Å². The second-order valence-electron chi connectivity index (χ2n) is 9.56. The maximum absolute atomic E-state index is 15.4. The third-order valence-electron chi connectivity index (χ3n) is 6.87. The van der Waals surface area contributed by atoms with E-state index >= 15 is 4.39 Å². The highest BCUT2D eigenvalue weighted by Crippen LogP contribution is 2.39. The average Bonchev–Trinajstić information content (AvgIpc) is 3.27. The Bertz CT molecular complexity index is 2040. The van der Waals surface area contributed by atoms with Gasteiger partial charge in [-0.3, -0.25) is 9.78 Å². The molecule has 0 spiro atoms. The molecule has 0 saturated carbocycles. The standard InChI is InChI=1S/C31H23FN4O3S/c1-19-9-11-24(12-10-19)40(38,39)36-27(14-20-6-3-2-4-7-20)28(25-16-23(30(33)37)18-35-31(25)36)22-15-21-8-5-13-34-29(21)26(32)17-22/h2-13,15-18H,14H2,1H3,(H2,33,37). The van der Waals surface area contributed by atoms with E-state index in [0.717, 1.165) is 11.1 Å². The zero-order valence-corrected chi connectivity index (χ0v) is 22.2. The van der Waals surface area contributed by atoms with E-state index in [1.165, 1.54) is 28.5 Å². The third kappa shape index (κ3) is 4.30. The highest BCUT2D eigenvalue weighted by molar-refractivity contribution is 7.90. The fourth-order valence-corrected chi connectivity index (χ4v) is 6.47. The number of amides is 1. The molecule has 198 valence electrons. The van der Waals surface area contributed by atoms with Gasteiger partial charge in [0.05, 0.1) is 10.5 Å². The SMILES string of the molecule is Cc1ccc(S(=O)(=O)n2c(Cc3ccccc3)c(-c3cc(F)c4ncccc4c3)c3cc(C(N)=O)cnc32)cc1. The molecule has 0 fully saturated rings. The molecule has 0 aliphatic heterocycles. The number of nitrogens with two attached hydrogens (primary N) is 1. The quantitative estimate of drug-likeness (QED) is 0.289. The average molecular weight is 551 g/mol. The third-order valence-corrected chi connectivity index (χ3v) is 8.61. The summed E-state index contributed by atoms with van der Waals surface area (Å²) in [5, 5.41) is 0.907. The Kier molecular flexibility index (Phi) is 6.15. The van der Waals surface area contributed by atoms with Gasteiger partial charge in [0, 0.05) is 40.8 Å². The Morgan fingerprint density at radius 3 is 2.42 bits per heavy atom. The number of rotatable bonds is 6. The molecule has 3 aromatic carbocycles. The van der Waals surface area contributed by atoms with Crippen LogP contribution in [0.1, 0.15) is 27.2 Å². The van der Waals surface area contributed by atoms with Gasteiger partial charge in [-0.05, 0) is 54.4 Å². The molecule has 40 heavy (non-hydrogen) atoms. The summed E-state index contributed by atoms with van der Waals surface area (Å²) in [4.78, 5) is 20.8. The zero-order chi connectivity index (χ0) is 28.0. The summed E-state index contributed by atoms with van der Waals surface area (Å²) < 4.78 is 45.1. The van der Waals surface area contributed by atoms with Gasteiger partial charge in [0.15, 0.2) is 5.65 Å². The normalized spacial score (nSPS) is 11.8. The van der Waals surface area contributed by atoms with Gasteiger partial charge in [0.25, 0.3) is 10.0 Å². The Hall–Kier alpha value is -4.89. The van der Waals surface area contributed by atoms with Crippen molar-refractivity contribution in [3.8, 4) is 11.1 Å². The van der Waals surface area contributed by atoms with Crippen LogP contribution in [0.15, 0.2) is 102 Å². The molecule has 0 aliphatic rings. The van der Waals surface area contributed by atoms with E-state index in [2.05, 4.69) is 9.97 Å². The molecule has 7 nitrogen and oxygen atoms in total. The van der Waals surface area contributed by atoms with Crippen LogP contribution in [-0.4, -0.2) is 28.3 Å². The number of benzene rings is 3. The van der Waals surface area contributed by atoms with E-state index in [1.807, 2.05) is 37.3 Å². The van der Waals surface area contributed by atoms with Gasteiger partial charge in [-0.1, -0.05) is 54.1 Å². The molecule has 3 heterocycles. The number of hydrogen-bond acceptors (Lipinski definition) is 5. The summed E-state index contributed by atoms with van der Waals surface area (Å²) in [6.07, 6.45) is 2.96. The molecule has 9 heteroatoms. The molecule has 3 aromatic heterocycles.